The molecule has 0 aromatic heterocycles. The van der Waals surface area contributed by atoms with Gasteiger partial charge in [0.2, 0.25) is 0 Å². The van der Waals surface area contributed by atoms with E-state index in [1.165, 1.54) is 5.70 Å². The molecule has 1 rings (SSSR count). The summed E-state index contributed by atoms with van der Waals surface area (Å²) in [6.07, 6.45) is 6.59. The van der Waals surface area contributed by atoms with Crippen LogP contribution in [-0.4, -0.2) is 25.6 Å². The Morgan fingerprint density at radius 1 is 1.30 bits per heavy atom. The van der Waals surface area contributed by atoms with Crippen molar-refractivity contribution >= 4 is 0 Å². The fourth-order valence-corrected chi connectivity index (χ4v) is 1.41. The molecule has 1 atom stereocenters. The molecule has 0 N–H and O–H groups in total. The predicted octanol–water partition coefficient (Wildman–Crippen LogP) is 1.78. The summed E-state index contributed by atoms with van der Waals surface area (Å²) < 4.78 is 0.953. The van der Waals surface area contributed by atoms with Crippen molar-refractivity contribution in [2.24, 2.45) is 5.92 Å². The summed E-state index contributed by atoms with van der Waals surface area (Å²) in [7, 11) is 6.61. The van der Waals surface area contributed by atoms with Crippen LogP contribution in [0.25, 0.3) is 0 Å². The van der Waals surface area contributed by atoms with Crippen molar-refractivity contribution in [1.82, 2.24) is 0 Å². The van der Waals surface area contributed by atoms with Gasteiger partial charge in [-0.2, -0.15) is 0 Å². The first-order valence-corrected chi connectivity index (χ1v) is 3.72. The number of quaternary nitrogens is 1. The van der Waals surface area contributed by atoms with Crippen LogP contribution in [0.5, 0.6) is 0 Å². The third-order valence-corrected chi connectivity index (χ3v) is 1.91. The molecule has 1 unspecified atom stereocenters. The van der Waals surface area contributed by atoms with Crippen LogP contribution in [0.1, 0.15) is 6.92 Å². The highest BCUT2D eigenvalue weighted by Gasteiger charge is 2.22. The molecule has 0 saturated carbocycles. The summed E-state index contributed by atoms with van der Waals surface area (Å²) in [5.41, 5.74) is 1.49. The molecular formula is C9H16N+. The molecule has 0 bridgehead atoms. The predicted molar refractivity (Wildman–Crippen MR) is 44.4 cm³/mol. The lowest BCUT2D eigenvalue weighted by molar-refractivity contribution is -0.834. The molecule has 1 heteroatoms. The number of allylic oxidation sites excluding steroid dienone is 3. The van der Waals surface area contributed by atoms with Crippen molar-refractivity contribution in [2.45, 2.75) is 6.92 Å². The summed E-state index contributed by atoms with van der Waals surface area (Å²) in [5, 5.41) is 0. The fraction of sp³-hybridized carbons (Fsp3) is 0.556. The van der Waals surface area contributed by atoms with Gasteiger partial charge in [-0.25, -0.2) is 0 Å². The average molecular weight is 138 g/mol. The molecule has 1 aliphatic rings. The highest BCUT2D eigenvalue weighted by Crippen LogP contribution is 2.23. The minimum atomic E-state index is 0.625. The van der Waals surface area contributed by atoms with Gasteiger partial charge in [0.05, 0.1) is 21.1 Å². The number of hydrogen-bond donors (Lipinski definition) is 0. The molecule has 0 spiro atoms. The van der Waals surface area contributed by atoms with E-state index >= 15 is 0 Å². The molecule has 1 nitrogen and oxygen atoms in total. The Kier molecular flexibility index (Phi) is 1.69. The maximum atomic E-state index is 2.23. The van der Waals surface area contributed by atoms with Gasteiger partial charge >= 0.3 is 0 Å². The minimum Gasteiger partial charge on any atom is -0.301 e. The van der Waals surface area contributed by atoms with E-state index in [1.54, 1.807) is 0 Å². The molecule has 0 aromatic rings. The molecule has 1 aliphatic carbocycles. The van der Waals surface area contributed by atoms with Gasteiger partial charge in [0.25, 0.3) is 0 Å². The number of nitrogens with zero attached hydrogens (tertiary/aromatic N) is 1. The van der Waals surface area contributed by atoms with Crippen LogP contribution in [0.4, 0.5) is 0 Å². The zero-order valence-electron chi connectivity index (χ0n) is 7.26. The van der Waals surface area contributed by atoms with Crippen LogP contribution in [0.15, 0.2) is 23.9 Å². The molecule has 56 valence electrons. The third-order valence-electron chi connectivity index (χ3n) is 1.91. The zero-order valence-corrected chi connectivity index (χ0v) is 7.26. The van der Waals surface area contributed by atoms with E-state index in [1.807, 2.05) is 0 Å². The first-order valence-electron chi connectivity index (χ1n) is 3.72. The second kappa shape index (κ2) is 2.24. The molecule has 0 fully saturated rings. The van der Waals surface area contributed by atoms with Crippen LogP contribution >= 0.6 is 0 Å². The highest BCUT2D eigenvalue weighted by atomic mass is 15.3. The maximum absolute atomic E-state index is 2.23. The zero-order chi connectivity index (χ0) is 7.78. The van der Waals surface area contributed by atoms with Gasteiger partial charge in [0, 0.05) is 5.92 Å². The second-order valence-corrected chi connectivity index (χ2v) is 3.78. The molecule has 0 radical (unpaired) electrons. The molecular weight excluding hydrogens is 122 g/mol. The van der Waals surface area contributed by atoms with Crippen LogP contribution in [0.3, 0.4) is 0 Å². The van der Waals surface area contributed by atoms with Crippen molar-refractivity contribution in [3.63, 3.8) is 0 Å². The normalized spacial score (nSPS) is 25.2. The smallest absolute Gasteiger partial charge is 0.115 e. The largest absolute Gasteiger partial charge is 0.301 e. The van der Waals surface area contributed by atoms with Crippen molar-refractivity contribution in [3.05, 3.63) is 23.9 Å². The van der Waals surface area contributed by atoms with E-state index in [0.717, 1.165) is 4.48 Å². The van der Waals surface area contributed by atoms with Gasteiger partial charge in [-0.05, 0) is 13.0 Å². The van der Waals surface area contributed by atoms with Gasteiger partial charge in [-0.1, -0.05) is 12.2 Å². The van der Waals surface area contributed by atoms with Crippen LogP contribution < -0.4 is 0 Å². The lowest BCUT2D eigenvalue weighted by atomic mass is 10.1. The first-order chi connectivity index (χ1) is 4.52. The Balaban J connectivity index is 2.78. The molecule has 0 saturated heterocycles. The second-order valence-electron chi connectivity index (χ2n) is 3.78. The van der Waals surface area contributed by atoms with Crippen LogP contribution in [0.2, 0.25) is 0 Å². The van der Waals surface area contributed by atoms with Crippen molar-refractivity contribution in [2.75, 3.05) is 21.1 Å². The monoisotopic (exact) mass is 138 g/mol. The first kappa shape index (κ1) is 7.55. The van der Waals surface area contributed by atoms with E-state index < -0.39 is 0 Å². The summed E-state index contributed by atoms with van der Waals surface area (Å²) in [6, 6.07) is 0. The van der Waals surface area contributed by atoms with E-state index in [2.05, 4.69) is 46.3 Å². The summed E-state index contributed by atoms with van der Waals surface area (Å²) >= 11 is 0. The maximum Gasteiger partial charge on any atom is 0.115 e. The van der Waals surface area contributed by atoms with Crippen molar-refractivity contribution in [3.8, 4) is 0 Å². The lowest BCUT2D eigenvalue weighted by Crippen LogP contribution is -2.34. The van der Waals surface area contributed by atoms with E-state index in [0.29, 0.717) is 5.92 Å². The Morgan fingerprint density at radius 3 is 2.10 bits per heavy atom. The Bertz CT molecular complexity index is 181. The van der Waals surface area contributed by atoms with Crippen LogP contribution in [0, 0.1) is 5.92 Å². The van der Waals surface area contributed by atoms with Crippen LogP contribution in [-0.2, 0) is 0 Å². The van der Waals surface area contributed by atoms with E-state index in [9.17, 15) is 0 Å². The topological polar surface area (TPSA) is 0 Å². The standard InChI is InChI=1S/C9H16N/c1-8-6-5-7-9(8)10(2,3)4/h5-8H,1-4H3/q+1. The summed E-state index contributed by atoms with van der Waals surface area (Å²) in [6.45, 7) is 2.23. The summed E-state index contributed by atoms with van der Waals surface area (Å²) in [4.78, 5) is 0. The molecule has 0 amide bonds. The van der Waals surface area contributed by atoms with E-state index in [-0.39, 0.29) is 0 Å². The van der Waals surface area contributed by atoms with Gasteiger partial charge in [0.1, 0.15) is 5.70 Å². The molecule has 0 heterocycles. The van der Waals surface area contributed by atoms with Gasteiger partial charge < -0.3 is 4.48 Å². The Hall–Kier alpha value is -0.560. The van der Waals surface area contributed by atoms with E-state index in [4.69, 9.17) is 0 Å². The minimum absolute atomic E-state index is 0.625. The third kappa shape index (κ3) is 1.29. The molecule has 0 aromatic carbocycles. The molecule has 0 aliphatic heterocycles. The lowest BCUT2D eigenvalue weighted by Gasteiger charge is -2.27. The average Bonchev–Trinajstić information content (AvgIpc) is 2.11. The van der Waals surface area contributed by atoms with Crippen molar-refractivity contribution in [1.29, 1.82) is 0 Å². The number of rotatable bonds is 1. The Morgan fingerprint density at radius 2 is 1.90 bits per heavy atom. The number of hydrogen-bond acceptors (Lipinski definition) is 0. The van der Waals surface area contributed by atoms with Crippen molar-refractivity contribution < 1.29 is 4.48 Å². The molecule has 10 heavy (non-hydrogen) atoms. The SMILES string of the molecule is CC1C=CC=C1[N+](C)(C)C. The quantitative estimate of drug-likeness (QED) is 0.484. The van der Waals surface area contributed by atoms with Gasteiger partial charge in [-0.15, -0.1) is 0 Å². The fourth-order valence-electron chi connectivity index (χ4n) is 1.41. The summed E-state index contributed by atoms with van der Waals surface area (Å²) in [5.74, 6) is 0.625. The van der Waals surface area contributed by atoms with Gasteiger partial charge in [-0.3, -0.25) is 0 Å². The highest BCUT2D eigenvalue weighted by molar-refractivity contribution is 5.21. The van der Waals surface area contributed by atoms with Gasteiger partial charge in [0.15, 0.2) is 0 Å². The Labute approximate surface area is 63.2 Å².